The summed E-state index contributed by atoms with van der Waals surface area (Å²) < 4.78 is 6.34. The second-order valence-electron chi connectivity index (χ2n) is 7.00. The standard InChI is InChI=1S/C22H25N3O/c1-2-3-9-19-16-25(14-17-7-4-5-11-21(17)26-19)15-18-8-6-10-20-22(18)24-13-12-23-20/h4-8,10-13,19H,2-3,9,14-16H2,1H3. The summed E-state index contributed by atoms with van der Waals surface area (Å²) in [7, 11) is 0. The molecule has 1 atom stereocenters. The first-order valence-electron chi connectivity index (χ1n) is 9.49. The average Bonchev–Trinajstić information content (AvgIpc) is 2.85. The third-order valence-electron chi connectivity index (χ3n) is 4.98. The van der Waals surface area contributed by atoms with Gasteiger partial charge in [0.2, 0.25) is 0 Å². The minimum Gasteiger partial charge on any atom is -0.489 e. The molecule has 1 unspecified atom stereocenters. The summed E-state index contributed by atoms with van der Waals surface area (Å²) in [6.45, 7) is 4.92. The van der Waals surface area contributed by atoms with Crippen molar-refractivity contribution in [2.75, 3.05) is 6.54 Å². The summed E-state index contributed by atoms with van der Waals surface area (Å²) in [5, 5.41) is 0. The van der Waals surface area contributed by atoms with E-state index in [0.29, 0.717) is 0 Å². The molecule has 0 bridgehead atoms. The molecule has 0 aliphatic carbocycles. The van der Waals surface area contributed by atoms with Gasteiger partial charge in [-0.15, -0.1) is 0 Å². The molecule has 0 spiro atoms. The summed E-state index contributed by atoms with van der Waals surface area (Å²) in [6, 6.07) is 14.7. The number of unbranched alkanes of at least 4 members (excludes halogenated alkanes) is 1. The van der Waals surface area contributed by atoms with Crippen LogP contribution in [0.15, 0.2) is 54.9 Å². The zero-order valence-electron chi connectivity index (χ0n) is 15.3. The van der Waals surface area contributed by atoms with Crippen LogP contribution in [0.2, 0.25) is 0 Å². The molecular formula is C22H25N3O. The monoisotopic (exact) mass is 347 g/mol. The third kappa shape index (κ3) is 3.70. The van der Waals surface area contributed by atoms with Crippen LogP contribution in [-0.2, 0) is 13.1 Å². The second kappa shape index (κ2) is 7.83. The highest BCUT2D eigenvalue weighted by Gasteiger charge is 2.23. The lowest BCUT2D eigenvalue weighted by molar-refractivity contribution is 0.133. The van der Waals surface area contributed by atoms with E-state index in [4.69, 9.17) is 4.74 Å². The topological polar surface area (TPSA) is 38.2 Å². The second-order valence-corrected chi connectivity index (χ2v) is 7.00. The fraction of sp³-hybridized carbons (Fsp3) is 0.364. The molecule has 26 heavy (non-hydrogen) atoms. The quantitative estimate of drug-likeness (QED) is 0.677. The summed E-state index contributed by atoms with van der Waals surface area (Å²) in [6.07, 6.45) is 7.25. The maximum Gasteiger partial charge on any atom is 0.124 e. The van der Waals surface area contributed by atoms with Crippen LogP contribution in [0.25, 0.3) is 11.0 Å². The molecule has 0 fully saturated rings. The molecule has 4 nitrogen and oxygen atoms in total. The lowest BCUT2D eigenvalue weighted by atomic mass is 10.1. The van der Waals surface area contributed by atoms with Gasteiger partial charge in [-0.25, -0.2) is 0 Å². The molecule has 0 saturated carbocycles. The number of benzene rings is 2. The maximum absolute atomic E-state index is 6.34. The van der Waals surface area contributed by atoms with E-state index >= 15 is 0 Å². The molecule has 4 rings (SSSR count). The Kier molecular flexibility index (Phi) is 5.12. The lowest BCUT2D eigenvalue weighted by Crippen LogP contribution is -2.32. The molecule has 2 heterocycles. The van der Waals surface area contributed by atoms with Crippen molar-refractivity contribution in [1.29, 1.82) is 0 Å². The van der Waals surface area contributed by atoms with Crippen molar-refractivity contribution in [2.24, 2.45) is 0 Å². The van der Waals surface area contributed by atoms with E-state index in [-0.39, 0.29) is 6.10 Å². The number of rotatable bonds is 5. The number of para-hydroxylation sites is 2. The normalized spacial score (nSPS) is 17.5. The molecule has 134 valence electrons. The summed E-state index contributed by atoms with van der Waals surface area (Å²) in [5.41, 5.74) is 4.44. The fourth-order valence-electron chi connectivity index (χ4n) is 3.68. The number of aromatic nitrogens is 2. The van der Waals surface area contributed by atoms with Gasteiger partial charge in [-0.3, -0.25) is 14.9 Å². The van der Waals surface area contributed by atoms with Crippen molar-refractivity contribution in [3.63, 3.8) is 0 Å². The van der Waals surface area contributed by atoms with E-state index in [1.54, 1.807) is 12.4 Å². The van der Waals surface area contributed by atoms with Crippen molar-refractivity contribution >= 4 is 11.0 Å². The minimum absolute atomic E-state index is 0.236. The molecule has 3 aromatic rings. The van der Waals surface area contributed by atoms with E-state index in [9.17, 15) is 0 Å². The predicted molar refractivity (Wildman–Crippen MR) is 104 cm³/mol. The van der Waals surface area contributed by atoms with Crippen molar-refractivity contribution in [2.45, 2.75) is 45.4 Å². The maximum atomic E-state index is 6.34. The van der Waals surface area contributed by atoms with Gasteiger partial charge in [0.1, 0.15) is 11.9 Å². The van der Waals surface area contributed by atoms with Gasteiger partial charge in [0.05, 0.1) is 11.0 Å². The van der Waals surface area contributed by atoms with Crippen LogP contribution in [-0.4, -0.2) is 27.5 Å². The molecular weight excluding hydrogens is 322 g/mol. The molecule has 2 aromatic carbocycles. The van der Waals surface area contributed by atoms with Crippen molar-refractivity contribution in [3.8, 4) is 5.75 Å². The van der Waals surface area contributed by atoms with Gasteiger partial charge in [0, 0.05) is 37.6 Å². The van der Waals surface area contributed by atoms with Gasteiger partial charge in [0.15, 0.2) is 0 Å². The van der Waals surface area contributed by atoms with E-state index in [1.807, 2.05) is 6.07 Å². The van der Waals surface area contributed by atoms with Gasteiger partial charge in [-0.05, 0) is 30.5 Å². The average molecular weight is 347 g/mol. The highest BCUT2D eigenvalue weighted by Crippen LogP contribution is 2.28. The molecule has 0 saturated heterocycles. The summed E-state index contributed by atoms with van der Waals surface area (Å²) in [4.78, 5) is 11.5. The molecule has 1 aliphatic heterocycles. The first-order valence-corrected chi connectivity index (χ1v) is 9.49. The van der Waals surface area contributed by atoms with Gasteiger partial charge in [-0.2, -0.15) is 0 Å². The third-order valence-corrected chi connectivity index (χ3v) is 4.98. The summed E-state index contributed by atoms with van der Waals surface area (Å²) >= 11 is 0. The van der Waals surface area contributed by atoms with E-state index in [1.165, 1.54) is 24.0 Å². The summed E-state index contributed by atoms with van der Waals surface area (Å²) in [5.74, 6) is 1.04. The number of ether oxygens (including phenoxy) is 1. The van der Waals surface area contributed by atoms with Crippen molar-refractivity contribution in [3.05, 3.63) is 66.0 Å². The Hall–Kier alpha value is -2.46. The number of hydrogen-bond acceptors (Lipinski definition) is 4. The zero-order chi connectivity index (χ0) is 17.8. The highest BCUT2D eigenvalue weighted by molar-refractivity contribution is 5.77. The van der Waals surface area contributed by atoms with Crippen LogP contribution in [0.1, 0.15) is 37.3 Å². The predicted octanol–water partition coefficient (Wildman–Crippen LogP) is 4.58. The Morgan fingerprint density at radius 1 is 1.08 bits per heavy atom. The van der Waals surface area contributed by atoms with Crippen LogP contribution >= 0.6 is 0 Å². The van der Waals surface area contributed by atoms with Gasteiger partial charge in [0.25, 0.3) is 0 Å². The number of fused-ring (bicyclic) bond motifs is 2. The lowest BCUT2D eigenvalue weighted by Gasteiger charge is -2.24. The fourth-order valence-corrected chi connectivity index (χ4v) is 3.68. The highest BCUT2D eigenvalue weighted by atomic mass is 16.5. The number of nitrogens with zero attached hydrogens (tertiary/aromatic N) is 3. The van der Waals surface area contributed by atoms with Crippen molar-refractivity contribution in [1.82, 2.24) is 14.9 Å². The molecule has 0 amide bonds. The van der Waals surface area contributed by atoms with E-state index < -0.39 is 0 Å². The Morgan fingerprint density at radius 2 is 1.96 bits per heavy atom. The van der Waals surface area contributed by atoms with Crippen LogP contribution < -0.4 is 4.74 Å². The van der Waals surface area contributed by atoms with Crippen LogP contribution in [0.4, 0.5) is 0 Å². The number of hydrogen-bond donors (Lipinski definition) is 0. The Balaban J connectivity index is 1.62. The molecule has 0 radical (unpaired) electrons. The molecule has 1 aliphatic rings. The largest absolute Gasteiger partial charge is 0.489 e. The Labute approximate surface area is 154 Å². The smallest absolute Gasteiger partial charge is 0.124 e. The Morgan fingerprint density at radius 3 is 2.88 bits per heavy atom. The minimum atomic E-state index is 0.236. The van der Waals surface area contributed by atoms with Crippen molar-refractivity contribution < 1.29 is 4.74 Å². The zero-order valence-corrected chi connectivity index (χ0v) is 15.3. The van der Waals surface area contributed by atoms with Gasteiger partial charge in [-0.1, -0.05) is 43.7 Å². The Bertz CT molecular complexity index is 875. The first-order chi connectivity index (χ1) is 12.8. The molecule has 1 aromatic heterocycles. The molecule has 4 heteroatoms. The molecule has 0 N–H and O–H groups in total. The van der Waals surface area contributed by atoms with Crippen LogP contribution in [0.5, 0.6) is 5.75 Å². The van der Waals surface area contributed by atoms with Gasteiger partial charge >= 0.3 is 0 Å². The van der Waals surface area contributed by atoms with Gasteiger partial charge < -0.3 is 4.74 Å². The van der Waals surface area contributed by atoms with Crippen LogP contribution in [0, 0.1) is 0 Å². The van der Waals surface area contributed by atoms with E-state index in [0.717, 1.165) is 42.8 Å². The first kappa shape index (κ1) is 17.0. The van der Waals surface area contributed by atoms with Crippen LogP contribution in [0.3, 0.4) is 0 Å². The van der Waals surface area contributed by atoms with E-state index in [2.05, 4.69) is 58.2 Å². The SMILES string of the molecule is CCCCC1CN(Cc2cccc3nccnc23)Cc2ccccc2O1.